The number of rotatable bonds is 3. The second kappa shape index (κ2) is 7.48. The first-order valence-electron chi connectivity index (χ1n) is 9.67. The van der Waals surface area contributed by atoms with Crippen LogP contribution in [0.2, 0.25) is 10.0 Å². The van der Waals surface area contributed by atoms with Crippen LogP contribution in [0.1, 0.15) is 64.9 Å². The van der Waals surface area contributed by atoms with Crippen molar-refractivity contribution in [2.24, 2.45) is 10.8 Å². The van der Waals surface area contributed by atoms with Gasteiger partial charge in [0.2, 0.25) is 0 Å². The average Bonchev–Trinajstić information content (AvgIpc) is 2.50. The molecule has 0 fully saturated rings. The highest BCUT2D eigenvalue weighted by Gasteiger charge is 2.44. The maximum absolute atomic E-state index is 13.1. The van der Waals surface area contributed by atoms with Crippen LogP contribution in [0.15, 0.2) is 40.9 Å². The molecule has 1 aromatic carbocycles. The molecular formula is C23H26Cl2O4. The second-order valence-electron chi connectivity index (χ2n) is 9.70. The van der Waals surface area contributed by atoms with E-state index in [4.69, 9.17) is 23.2 Å². The molecule has 0 aromatic heterocycles. The smallest absolute Gasteiger partial charge is 0.163 e. The van der Waals surface area contributed by atoms with Gasteiger partial charge in [0.05, 0.1) is 0 Å². The minimum Gasteiger partial charge on any atom is -0.512 e. The molecule has 0 unspecified atom stereocenters. The third kappa shape index (κ3) is 4.39. The Morgan fingerprint density at radius 3 is 1.66 bits per heavy atom. The summed E-state index contributed by atoms with van der Waals surface area (Å²) < 4.78 is 0. The highest BCUT2D eigenvalue weighted by molar-refractivity contribution is 6.35. The molecule has 2 N–H and O–H groups in total. The van der Waals surface area contributed by atoms with Crippen LogP contribution in [0.25, 0.3) is 0 Å². The Morgan fingerprint density at radius 1 is 0.828 bits per heavy atom. The molecule has 0 aliphatic heterocycles. The molecule has 6 heteroatoms. The third-order valence-corrected chi connectivity index (χ3v) is 6.21. The molecule has 2 aliphatic carbocycles. The Morgan fingerprint density at radius 2 is 1.28 bits per heavy atom. The Hall–Kier alpha value is -1.78. The number of hydrogen-bond acceptors (Lipinski definition) is 4. The SMILES string of the molecule is CC1(C)CC(=O)C(C(C2=C(O)CC(C)(C)CC2=O)c2ccc(Cl)cc2Cl)=C(O)C1. The van der Waals surface area contributed by atoms with Gasteiger partial charge in [-0.1, -0.05) is 57.0 Å². The fourth-order valence-electron chi connectivity index (χ4n) is 4.45. The van der Waals surface area contributed by atoms with E-state index in [9.17, 15) is 19.8 Å². The summed E-state index contributed by atoms with van der Waals surface area (Å²) in [6.07, 6.45) is 1.09. The van der Waals surface area contributed by atoms with Crippen LogP contribution in [0, 0.1) is 10.8 Å². The molecule has 0 amide bonds. The van der Waals surface area contributed by atoms with E-state index in [1.54, 1.807) is 12.1 Å². The molecule has 0 atom stereocenters. The molecule has 4 nitrogen and oxygen atoms in total. The van der Waals surface area contributed by atoms with Crippen LogP contribution < -0.4 is 0 Å². The van der Waals surface area contributed by atoms with Crippen LogP contribution in [-0.2, 0) is 9.59 Å². The average molecular weight is 437 g/mol. The van der Waals surface area contributed by atoms with Crippen molar-refractivity contribution in [2.45, 2.75) is 59.3 Å². The van der Waals surface area contributed by atoms with Gasteiger partial charge in [-0.15, -0.1) is 0 Å². The largest absolute Gasteiger partial charge is 0.512 e. The number of benzene rings is 1. The fraction of sp³-hybridized carbons (Fsp3) is 0.478. The maximum atomic E-state index is 13.1. The summed E-state index contributed by atoms with van der Waals surface area (Å²) in [5.74, 6) is -1.52. The Bertz CT molecular complexity index is 902. The lowest BCUT2D eigenvalue weighted by Gasteiger charge is -2.36. The summed E-state index contributed by atoms with van der Waals surface area (Å²) in [6.45, 7) is 7.64. The van der Waals surface area contributed by atoms with E-state index in [0.29, 0.717) is 23.4 Å². The number of halogens is 2. The van der Waals surface area contributed by atoms with Crippen molar-refractivity contribution >= 4 is 34.8 Å². The quantitative estimate of drug-likeness (QED) is 0.568. The molecule has 0 saturated heterocycles. The van der Waals surface area contributed by atoms with E-state index in [0.717, 1.165) is 0 Å². The summed E-state index contributed by atoms with van der Waals surface area (Å²) in [7, 11) is 0. The van der Waals surface area contributed by atoms with Crippen molar-refractivity contribution in [2.75, 3.05) is 0 Å². The predicted octanol–water partition coefficient (Wildman–Crippen LogP) is 6.48. The van der Waals surface area contributed by atoms with E-state index in [1.807, 2.05) is 27.7 Å². The van der Waals surface area contributed by atoms with Crippen molar-refractivity contribution in [3.05, 3.63) is 56.5 Å². The zero-order valence-corrected chi connectivity index (χ0v) is 18.6. The van der Waals surface area contributed by atoms with Crippen LogP contribution in [0.4, 0.5) is 0 Å². The summed E-state index contributed by atoms with van der Waals surface area (Å²) >= 11 is 12.5. The number of aliphatic hydroxyl groups excluding tert-OH is 2. The number of allylic oxidation sites excluding steroid dienone is 4. The van der Waals surface area contributed by atoms with Gasteiger partial charge in [-0.3, -0.25) is 9.59 Å². The van der Waals surface area contributed by atoms with Gasteiger partial charge in [0.25, 0.3) is 0 Å². The zero-order chi connectivity index (χ0) is 21.7. The van der Waals surface area contributed by atoms with Crippen LogP contribution in [0.3, 0.4) is 0 Å². The Balaban J connectivity index is 2.27. The predicted molar refractivity (Wildman–Crippen MR) is 115 cm³/mol. The number of carbonyl (C=O) groups excluding carboxylic acids is 2. The molecule has 0 heterocycles. The van der Waals surface area contributed by atoms with E-state index < -0.39 is 5.92 Å². The van der Waals surface area contributed by atoms with Gasteiger partial charge in [0.15, 0.2) is 11.6 Å². The number of carbonyl (C=O) groups is 2. The van der Waals surface area contributed by atoms with Crippen LogP contribution in [-0.4, -0.2) is 21.8 Å². The second-order valence-corrected chi connectivity index (χ2v) is 10.5. The van der Waals surface area contributed by atoms with Crippen molar-refractivity contribution < 1.29 is 19.8 Å². The topological polar surface area (TPSA) is 74.6 Å². The number of hydrogen-bond donors (Lipinski definition) is 2. The molecule has 2 aliphatic rings. The van der Waals surface area contributed by atoms with Gasteiger partial charge in [-0.05, 0) is 28.5 Å². The molecule has 0 spiro atoms. The fourth-order valence-corrected chi connectivity index (χ4v) is 4.97. The number of Topliss-reactive ketones (excluding diaryl/α,β-unsaturated/α-hetero) is 2. The lowest BCUT2D eigenvalue weighted by Crippen LogP contribution is -2.33. The Kier molecular flexibility index (Phi) is 5.65. The van der Waals surface area contributed by atoms with E-state index in [-0.39, 0.29) is 62.9 Å². The van der Waals surface area contributed by atoms with Crippen LogP contribution >= 0.6 is 23.2 Å². The molecule has 29 heavy (non-hydrogen) atoms. The maximum Gasteiger partial charge on any atom is 0.163 e. The van der Waals surface area contributed by atoms with Crippen molar-refractivity contribution in [3.8, 4) is 0 Å². The van der Waals surface area contributed by atoms with Gasteiger partial charge >= 0.3 is 0 Å². The highest BCUT2D eigenvalue weighted by Crippen LogP contribution is 2.49. The minimum absolute atomic E-state index is 0.0554. The normalized spacial score (nSPS) is 21.9. The van der Waals surface area contributed by atoms with Gasteiger partial charge in [0, 0.05) is 52.8 Å². The standard InChI is InChI=1S/C23H26Cl2O4/c1-22(2)8-15(26)20(16(27)9-22)19(13-6-5-12(24)7-14(13)25)21-17(28)10-23(3,4)11-18(21)29/h5-7,19,26,28H,8-11H2,1-4H3. The van der Waals surface area contributed by atoms with E-state index >= 15 is 0 Å². The van der Waals surface area contributed by atoms with Gasteiger partial charge in [0.1, 0.15) is 11.5 Å². The van der Waals surface area contributed by atoms with Gasteiger partial charge in [-0.2, -0.15) is 0 Å². The molecule has 1 aromatic rings. The van der Waals surface area contributed by atoms with E-state index in [1.165, 1.54) is 6.07 Å². The van der Waals surface area contributed by atoms with Crippen LogP contribution in [0.5, 0.6) is 0 Å². The summed E-state index contributed by atoms with van der Waals surface area (Å²) in [4.78, 5) is 26.2. The number of aliphatic hydroxyl groups is 2. The first-order chi connectivity index (χ1) is 13.3. The zero-order valence-electron chi connectivity index (χ0n) is 17.1. The number of ketones is 2. The first-order valence-corrected chi connectivity index (χ1v) is 10.4. The minimum atomic E-state index is -0.924. The summed E-state index contributed by atoms with van der Waals surface area (Å²) in [5.41, 5.74) is -0.00581. The lowest BCUT2D eigenvalue weighted by molar-refractivity contribution is -0.119. The van der Waals surface area contributed by atoms with Gasteiger partial charge < -0.3 is 10.2 Å². The highest BCUT2D eigenvalue weighted by atomic mass is 35.5. The molecule has 156 valence electrons. The molecule has 0 bridgehead atoms. The van der Waals surface area contributed by atoms with Crippen molar-refractivity contribution in [3.63, 3.8) is 0 Å². The molecular weight excluding hydrogens is 411 g/mol. The van der Waals surface area contributed by atoms with Crippen molar-refractivity contribution in [1.29, 1.82) is 0 Å². The monoisotopic (exact) mass is 436 g/mol. The summed E-state index contributed by atoms with van der Waals surface area (Å²) in [6, 6.07) is 4.81. The van der Waals surface area contributed by atoms with Crippen molar-refractivity contribution in [1.82, 2.24) is 0 Å². The molecule has 0 saturated carbocycles. The summed E-state index contributed by atoms with van der Waals surface area (Å²) in [5, 5.41) is 22.4. The lowest BCUT2D eigenvalue weighted by atomic mass is 9.67. The van der Waals surface area contributed by atoms with E-state index in [2.05, 4.69) is 0 Å². The van der Waals surface area contributed by atoms with Gasteiger partial charge in [-0.25, -0.2) is 0 Å². The third-order valence-electron chi connectivity index (χ3n) is 5.64. The first kappa shape index (κ1) is 21.9. The molecule has 0 radical (unpaired) electrons. The Labute approximate surface area is 181 Å². The molecule has 3 rings (SSSR count).